The fraction of sp³-hybridized carbons (Fsp3) is 0.867. The van der Waals surface area contributed by atoms with Gasteiger partial charge in [0.05, 0.1) is 19.0 Å². The summed E-state index contributed by atoms with van der Waals surface area (Å²) in [6.07, 6.45) is -3.40. The van der Waals surface area contributed by atoms with Crippen molar-refractivity contribution >= 4 is 11.8 Å². The standard InChI is InChI=1S/C15H26F3N3O2/c1-10(2)7-21(8-13(19)22)9-14(23)20-12-5-3-11(4-6-12)15(16,17)18/h10-12H,3-9H2,1-2H3,(H2,19,22)(H,20,23). The van der Waals surface area contributed by atoms with E-state index >= 15 is 0 Å². The van der Waals surface area contributed by atoms with Gasteiger partial charge in [0, 0.05) is 12.6 Å². The summed E-state index contributed by atoms with van der Waals surface area (Å²) in [5, 5.41) is 2.77. The van der Waals surface area contributed by atoms with E-state index in [1.165, 1.54) is 0 Å². The fourth-order valence-electron chi connectivity index (χ4n) is 2.96. The molecule has 5 nitrogen and oxygen atoms in total. The number of nitrogens with one attached hydrogen (secondary N) is 1. The smallest absolute Gasteiger partial charge is 0.369 e. The van der Waals surface area contributed by atoms with E-state index in [4.69, 9.17) is 5.73 Å². The lowest BCUT2D eigenvalue weighted by molar-refractivity contribution is -0.182. The van der Waals surface area contributed by atoms with Crippen LogP contribution in [0.25, 0.3) is 0 Å². The minimum atomic E-state index is -4.15. The highest BCUT2D eigenvalue weighted by atomic mass is 19.4. The van der Waals surface area contributed by atoms with Crippen LogP contribution in [0, 0.1) is 11.8 Å². The molecule has 8 heteroatoms. The van der Waals surface area contributed by atoms with Crippen molar-refractivity contribution in [1.29, 1.82) is 0 Å². The van der Waals surface area contributed by atoms with Crippen LogP contribution in [0.2, 0.25) is 0 Å². The number of carbonyl (C=O) groups excluding carboxylic acids is 2. The number of rotatable bonds is 7. The molecule has 1 aliphatic rings. The molecule has 0 unspecified atom stereocenters. The molecule has 0 aromatic rings. The third-order valence-corrected chi connectivity index (χ3v) is 3.93. The zero-order valence-corrected chi connectivity index (χ0v) is 13.7. The first-order valence-corrected chi connectivity index (χ1v) is 7.94. The van der Waals surface area contributed by atoms with E-state index in [-0.39, 0.29) is 43.8 Å². The Morgan fingerprint density at radius 3 is 2.17 bits per heavy atom. The van der Waals surface area contributed by atoms with Gasteiger partial charge in [0.15, 0.2) is 0 Å². The maximum atomic E-state index is 12.6. The number of amides is 2. The lowest BCUT2D eigenvalue weighted by atomic mass is 9.85. The Labute approximate surface area is 134 Å². The molecule has 0 atom stereocenters. The zero-order valence-electron chi connectivity index (χ0n) is 13.7. The van der Waals surface area contributed by atoms with Crippen molar-refractivity contribution in [1.82, 2.24) is 10.2 Å². The highest BCUT2D eigenvalue weighted by Crippen LogP contribution is 2.37. The summed E-state index contributed by atoms with van der Waals surface area (Å²) in [5.74, 6) is -1.78. The van der Waals surface area contributed by atoms with Gasteiger partial charge in [-0.05, 0) is 31.6 Å². The van der Waals surface area contributed by atoms with Crippen LogP contribution in [-0.2, 0) is 9.59 Å². The second-order valence-corrected chi connectivity index (χ2v) is 6.69. The van der Waals surface area contributed by atoms with Gasteiger partial charge in [-0.3, -0.25) is 14.5 Å². The third-order valence-electron chi connectivity index (χ3n) is 3.93. The van der Waals surface area contributed by atoms with Crippen LogP contribution in [-0.4, -0.2) is 48.6 Å². The first kappa shape index (κ1) is 19.7. The van der Waals surface area contributed by atoms with E-state index in [1.807, 2.05) is 13.8 Å². The Hall–Kier alpha value is -1.31. The average molecular weight is 337 g/mol. The largest absolute Gasteiger partial charge is 0.391 e. The summed E-state index contributed by atoms with van der Waals surface area (Å²) in [7, 11) is 0. The number of halogens is 3. The molecule has 3 N–H and O–H groups in total. The molecule has 1 saturated carbocycles. The minimum absolute atomic E-state index is 0.00753. The molecule has 2 amide bonds. The lowest BCUT2D eigenvalue weighted by Crippen LogP contribution is -2.46. The van der Waals surface area contributed by atoms with Gasteiger partial charge < -0.3 is 11.1 Å². The van der Waals surface area contributed by atoms with Gasteiger partial charge in [0.2, 0.25) is 11.8 Å². The quantitative estimate of drug-likeness (QED) is 0.742. The zero-order chi connectivity index (χ0) is 17.6. The summed E-state index contributed by atoms with van der Waals surface area (Å²) in [6.45, 7) is 4.50. The van der Waals surface area contributed by atoms with Gasteiger partial charge in [-0.2, -0.15) is 13.2 Å². The summed E-state index contributed by atoms with van der Waals surface area (Å²) in [5.41, 5.74) is 5.17. The van der Waals surface area contributed by atoms with Crippen molar-refractivity contribution in [3.63, 3.8) is 0 Å². The molecule has 0 bridgehead atoms. The van der Waals surface area contributed by atoms with E-state index in [1.54, 1.807) is 4.90 Å². The van der Waals surface area contributed by atoms with E-state index < -0.39 is 18.0 Å². The van der Waals surface area contributed by atoms with Crippen LogP contribution in [0.3, 0.4) is 0 Å². The molecule has 1 aliphatic carbocycles. The lowest BCUT2D eigenvalue weighted by Gasteiger charge is -2.31. The second kappa shape index (κ2) is 8.52. The monoisotopic (exact) mass is 337 g/mol. The normalized spacial score (nSPS) is 22.4. The first-order valence-electron chi connectivity index (χ1n) is 7.94. The molecule has 0 aromatic heterocycles. The first-order chi connectivity index (χ1) is 10.6. The van der Waals surface area contributed by atoms with Crippen molar-refractivity contribution in [2.75, 3.05) is 19.6 Å². The molecule has 1 rings (SSSR count). The number of nitrogens with two attached hydrogens (primary N) is 1. The number of hydrogen-bond donors (Lipinski definition) is 2. The van der Waals surface area contributed by atoms with Gasteiger partial charge in [0.25, 0.3) is 0 Å². The molecule has 134 valence electrons. The number of nitrogens with zero attached hydrogens (tertiary/aromatic N) is 1. The number of hydrogen-bond acceptors (Lipinski definition) is 3. The molecule has 0 saturated heterocycles. The van der Waals surface area contributed by atoms with Crippen LogP contribution < -0.4 is 11.1 Å². The highest BCUT2D eigenvalue weighted by molar-refractivity contribution is 5.80. The molecule has 0 heterocycles. The summed E-state index contributed by atoms with van der Waals surface area (Å²) < 4.78 is 37.8. The van der Waals surface area contributed by atoms with E-state index in [0.717, 1.165) is 0 Å². The molecule has 23 heavy (non-hydrogen) atoms. The van der Waals surface area contributed by atoms with E-state index in [2.05, 4.69) is 5.32 Å². The van der Waals surface area contributed by atoms with E-state index in [9.17, 15) is 22.8 Å². The molecule has 1 fully saturated rings. The van der Waals surface area contributed by atoms with Gasteiger partial charge in [0.1, 0.15) is 0 Å². The highest BCUT2D eigenvalue weighted by Gasteiger charge is 2.41. The number of carbonyl (C=O) groups is 2. The van der Waals surface area contributed by atoms with E-state index in [0.29, 0.717) is 19.4 Å². The van der Waals surface area contributed by atoms with Gasteiger partial charge in [-0.1, -0.05) is 13.8 Å². The maximum Gasteiger partial charge on any atom is 0.391 e. The Morgan fingerprint density at radius 1 is 1.17 bits per heavy atom. The van der Waals surface area contributed by atoms with Crippen LogP contribution in [0.1, 0.15) is 39.5 Å². The summed E-state index contributed by atoms with van der Waals surface area (Å²) in [4.78, 5) is 24.7. The average Bonchev–Trinajstić information content (AvgIpc) is 2.36. The Morgan fingerprint density at radius 2 is 1.74 bits per heavy atom. The Bertz CT molecular complexity index is 405. The molecular weight excluding hydrogens is 311 g/mol. The van der Waals surface area contributed by atoms with Crippen LogP contribution >= 0.6 is 0 Å². The fourth-order valence-corrected chi connectivity index (χ4v) is 2.96. The van der Waals surface area contributed by atoms with Crippen molar-refractivity contribution in [2.24, 2.45) is 17.6 Å². The summed E-state index contributed by atoms with van der Waals surface area (Å²) >= 11 is 0. The van der Waals surface area contributed by atoms with Crippen LogP contribution in [0.15, 0.2) is 0 Å². The van der Waals surface area contributed by atoms with Crippen molar-refractivity contribution < 1.29 is 22.8 Å². The molecule has 0 radical (unpaired) electrons. The maximum absolute atomic E-state index is 12.6. The van der Waals surface area contributed by atoms with Gasteiger partial charge in [-0.25, -0.2) is 0 Å². The minimum Gasteiger partial charge on any atom is -0.369 e. The molecular formula is C15H26F3N3O2. The third kappa shape index (κ3) is 7.67. The van der Waals surface area contributed by atoms with Crippen LogP contribution in [0.4, 0.5) is 13.2 Å². The topological polar surface area (TPSA) is 75.4 Å². The van der Waals surface area contributed by atoms with Crippen LogP contribution in [0.5, 0.6) is 0 Å². The molecule has 0 aromatic carbocycles. The van der Waals surface area contributed by atoms with Gasteiger partial charge in [-0.15, -0.1) is 0 Å². The number of primary amides is 1. The predicted molar refractivity (Wildman–Crippen MR) is 80.4 cm³/mol. The Kier molecular flexibility index (Phi) is 7.31. The Balaban J connectivity index is 2.42. The van der Waals surface area contributed by atoms with Crippen molar-refractivity contribution in [2.45, 2.75) is 51.7 Å². The van der Waals surface area contributed by atoms with Crippen molar-refractivity contribution in [3.8, 4) is 0 Å². The summed E-state index contributed by atoms with van der Waals surface area (Å²) in [6, 6.07) is -0.226. The SMILES string of the molecule is CC(C)CN(CC(N)=O)CC(=O)NC1CCC(C(F)(F)F)CC1. The molecule has 0 spiro atoms. The number of alkyl halides is 3. The molecule has 0 aliphatic heterocycles. The second-order valence-electron chi connectivity index (χ2n) is 6.69. The van der Waals surface area contributed by atoms with Gasteiger partial charge >= 0.3 is 6.18 Å². The predicted octanol–water partition coefficient (Wildman–Crippen LogP) is 1.67. The van der Waals surface area contributed by atoms with Crippen molar-refractivity contribution in [3.05, 3.63) is 0 Å².